The highest BCUT2D eigenvalue weighted by atomic mass is 19.4. The number of rotatable bonds is 5. The van der Waals surface area contributed by atoms with Crippen LogP contribution in [0.1, 0.15) is 57.1 Å². The summed E-state index contributed by atoms with van der Waals surface area (Å²) in [6, 6.07) is 2.15. The molecular weight excluding hydrogens is 435 g/mol. The van der Waals surface area contributed by atoms with Gasteiger partial charge in [-0.1, -0.05) is 0 Å². The lowest BCUT2D eigenvalue weighted by Crippen LogP contribution is -2.50. The van der Waals surface area contributed by atoms with Gasteiger partial charge in [0, 0.05) is 42.9 Å². The van der Waals surface area contributed by atoms with Crippen LogP contribution in [0.3, 0.4) is 0 Å². The highest BCUT2D eigenvalue weighted by Gasteiger charge is 2.45. The first-order valence-electron chi connectivity index (χ1n) is 12.0. The van der Waals surface area contributed by atoms with Crippen LogP contribution >= 0.6 is 0 Å². The third-order valence-electron chi connectivity index (χ3n) is 7.47. The topological polar surface area (TPSA) is 76.2 Å². The molecule has 3 heterocycles. The Balaban J connectivity index is 1.32. The second-order valence-corrected chi connectivity index (χ2v) is 9.66. The Morgan fingerprint density at radius 2 is 1.73 bits per heavy atom. The van der Waals surface area contributed by atoms with E-state index in [1.807, 2.05) is 0 Å². The molecule has 2 aliphatic carbocycles. The lowest BCUT2D eigenvalue weighted by Gasteiger charge is -2.43. The van der Waals surface area contributed by atoms with Crippen molar-refractivity contribution < 1.29 is 22.6 Å². The summed E-state index contributed by atoms with van der Waals surface area (Å²) in [5, 5.41) is 0. The first-order valence-corrected chi connectivity index (χ1v) is 12.0. The molecule has 2 atom stereocenters. The van der Waals surface area contributed by atoms with Gasteiger partial charge in [0.05, 0.1) is 25.3 Å². The van der Waals surface area contributed by atoms with E-state index in [2.05, 4.69) is 26.4 Å². The summed E-state index contributed by atoms with van der Waals surface area (Å²) in [7, 11) is 0. The zero-order valence-corrected chi connectivity index (χ0v) is 18.9. The van der Waals surface area contributed by atoms with Gasteiger partial charge >= 0.3 is 6.36 Å². The lowest BCUT2D eigenvalue weighted by molar-refractivity contribution is -0.274. The number of hydrogen-bond acceptors (Lipinski definition) is 7. The Morgan fingerprint density at radius 3 is 2.36 bits per heavy atom. The Labute approximate surface area is 192 Å². The molecule has 182 valence electrons. The maximum atomic E-state index is 12.8. The van der Waals surface area contributed by atoms with Crippen molar-refractivity contribution in [3.8, 4) is 5.75 Å². The molecule has 3 fully saturated rings. The van der Waals surface area contributed by atoms with Crippen molar-refractivity contribution in [3.05, 3.63) is 17.8 Å². The molecule has 2 aliphatic heterocycles. The molecule has 1 aromatic rings. The van der Waals surface area contributed by atoms with E-state index in [-0.39, 0.29) is 17.9 Å². The minimum Gasteiger partial charge on any atom is -0.402 e. The molecule has 0 aromatic carbocycles. The lowest BCUT2D eigenvalue weighted by atomic mass is 9.87. The van der Waals surface area contributed by atoms with Gasteiger partial charge in [-0.25, -0.2) is 4.98 Å². The third-order valence-corrected chi connectivity index (χ3v) is 7.47. The number of hydrogen-bond donors (Lipinski definition) is 1. The highest BCUT2D eigenvalue weighted by Crippen LogP contribution is 2.44. The number of nitrogens with two attached hydrogens (primary N) is 1. The first kappa shape index (κ1) is 22.7. The van der Waals surface area contributed by atoms with Gasteiger partial charge in [0.2, 0.25) is 0 Å². The van der Waals surface area contributed by atoms with Gasteiger partial charge in [0.25, 0.3) is 0 Å². The zero-order chi connectivity index (χ0) is 23.2. The van der Waals surface area contributed by atoms with E-state index in [1.165, 1.54) is 12.3 Å². The van der Waals surface area contributed by atoms with Crippen LogP contribution in [-0.4, -0.2) is 71.4 Å². The van der Waals surface area contributed by atoms with Crippen LogP contribution in [0.25, 0.3) is 0 Å². The van der Waals surface area contributed by atoms with Gasteiger partial charge in [-0.2, -0.15) is 0 Å². The molecular formula is C23H32F3N5O2. The number of alkyl halides is 3. The first-order chi connectivity index (χ1) is 15.8. The molecule has 2 saturated carbocycles. The van der Waals surface area contributed by atoms with Crippen molar-refractivity contribution >= 4 is 11.7 Å². The number of pyridine rings is 1. The fourth-order valence-electron chi connectivity index (χ4n) is 5.69. The fourth-order valence-corrected chi connectivity index (χ4v) is 5.69. The van der Waals surface area contributed by atoms with Crippen LogP contribution in [0.2, 0.25) is 0 Å². The Morgan fingerprint density at radius 1 is 1.06 bits per heavy atom. The van der Waals surface area contributed by atoms with E-state index in [0.717, 1.165) is 70.7 Å². The molecule has 1 aromatic heterocycles. The normalized spacial score (nSPS) is 31.5. The second kappa shape index (κ2) is 8.94. The monoisotopic (exact) mass is 467 g/mol. The van der Waals surface area contributed by atoms with Crippen LogP contribution in [0.4, 0.5) is 19.0 Å². The van der Waals surface area contributed by atoms with E-state index in [1.54, 1.807) is 0 Å². The predicted molar refractivity (Wildman–Crippen MR) is 118 cm³/mol. The van der Waals surface area contributed by atoms with Crippen molar-refractivity contribution in [1.29, 1.82) is 0 Å². The van der Waals surface area contributed by atoms with Gasteiger partial charge in [0.1, 0.15) is 5.84 Å². The highest BCUT2D eigenvalue weighted by molar-refractivity contribution is 5.89. The summed E-state index contributed by atoms with van der Waals surface area (Å²) < 4.78 is 48.0. The standard InChI is InChI=1S/C23H32F3N5O2/c1-14-20(16-12-19(21(27)28-13-16)33-23(24,25)26)29-22(15-2-3-15)31(14)18-6-4-17(5-7-18)30-8-10-32-11-9-30/h12-15,17-18,20H,2-11H2,1H3,(H2,27,28). The molecule has 4 aliphatic rings. The summed E-state index contributed by atoms with van der Waals surface area (Å²) in [5.41, 5.74) is 6.25. The number of amidine groups is 1. The number of aliphatic imine (C=N–C) groups is 1. The van der Waals surface area contributed by atoms with Crippen molar-refractivity contribution in [3.63, 3.8) is 0 Å². The summed E-state index contributed by atoms with van der Waals surface area (Å²) >= 11 is 0. The van der Waals surface area contributed by atoms with Gasteiger partial charge < -0.3 is 20.1 Å². The predicted octanol–water partition coefficient (Wildman–Crippen LogP) is 3.76. The van der Waals surface area contributed by atoms with E-state index in [9.17, 15) is 13.2 Å². The number of aromatic nitrogens is 1. The minimum atomic E-state index is -4.82. The number of nitrogens with zero attached hydrogens (tertiary/aromatic N) is 4. The second-order valence-electron chi connectivity index (χ2n) is 9.66. The van der Waals surface area contributed by atoms with Crippen molar-refractivity contribution in [1.82, 2.24) is 14.8 Å². The Kier molecular flexibility index (Phi) is 6.15. The minimum absolute atomic E-state index is 0.0506. The average Bonchev–Trinajstić information content (AvgIpc) is 3.58. The molecule has 2 unspecified atom stereocenters. The molecule has 1 saturated heterocycles. The van der Waals surface area contributed by atoms with Gasteiger partial charge in [-0.05, 0) is 51.5 Å². The van der Waals surface area contributed by atoms with Crippen molar-refractivity contribution in [2.24, 2.45) is 10.9 Å². The van der Waals surface area contributed by atoms with Crippen molar-refractivity contribution in [2.45, 2.75) is 76.0 Å². The van der Waals surface area contributed by atoms with Crippen LogP contribution < -0.4 is 10.5 Å². The molecule has 5 rings (SSSR count). The fraction of sp³-hybridized carbons (Fsp3) is 0.739. The smallest absolute Gasteiger partial charge is 0.402 e. The van der Waals surface area contributed by atoms with Gasteiger partial charge in [-0.3, -0.25) is 9.89 Å². The summed E-state index contributed by atoms with van der Waals surface area (Å²) in [5.74, 6) is 0.853. The van der Waals surface area contributed by atoms with Crippen molar-refractivity contribution in [2.75, 3.05) is 32.0 Å². The van der Waals surface area contributed by atoms with E-state index < -0.39 is 12.1 Å². The SMILES string of the molecule is CC1C(c2cnc(N)c(OC(F)(F)F)c2)N=C(C2CC2)N1C1CCC(N2CCOCC2)CC1. The molecule has 7 nitrogen and oxygen atoms in total. The average molecular weight is 468 g/mol. The van der Waals surface area contributed by atoms with Crippen LogP contribution in [0, 0.1) is 5.92 Å². The molecule has 0 bridgehead atoms. The summed E-state index contributed by atoms with van der Waals surface area (Å²) in [4.78, 5) is 14.0. The molecule has 0 spiro atoms. The Bertz CT molecular complexity index is 877. The number of halogens is 3. The van der Waals surface area contributed by atoms with Crippen LogP contribution in [-0.2, 0) is 4.74 Å². The van der Waals surface area contributed by atoms with Crippen LogP contribution in [0.5, 0.6) is 5.75 Å². The van der Waals surface area contributed by atoms with Gasteiger partial charge in [0.15, 0.2) is 11.6 Å². The zero-order valence-electron chi connectivity index (χ0n) is 18.9. The van der Waals surface area contributed by atoms with E-state index in [4.69, 9.17) is 15.5 Å². The number of anilines is 1. The molecule has 10 heteroatoms. The summed E-state index contributed by atoms with van der Waals surface area (Å²) in [6.07, 6.45) is 3.49. The number of ether oxygens (including phenoxy) is 2. The number of nitrogen functional groups attached to an aromatic ring is 1. The van der Waals surface area contributed by atoms with Crippen LogP contribution in [0.15, 0.2) is 17.3 Å². The molecule has 2 N–H and O–H groups in total. The molecule has 0 radical (unpaired) electrons. The molecule has 33 heavy (non-hydrogen) atoms. The largest absolute Gasteiger partial charge is 0.573 e. The van der Waals surface area contributed by atoms with E-state index in [0.29, 0.717) is 23.6 Å². The van der Waals surface area contributed by atoms with Gasteiger partial charge in [-0.15, -0.1) is 13.2 Å². The number of morpholine rings is 1. The maximum Gasteiger partial charge on any atom is 0.573 e. The summed E-state index contributed by atoms with van der Waals surface area (Å²) in [6.45, 7) is 5.79. The molecule has 0 amide bonds. The Hall–Kier alpha value is -2.07. The maximum absolute atomic E-state index is 12.8. The third kappa shape index (κ3) is 4.91. The van der Waals surface area contributed by atoms with E-state index >= 15 is 0 Å². The quantitative estimate of drug-likeness (QED) is 0.711.